The minimum Gasteiger partial charge on any atom is -0.486 e. The first kappa shape index (κ1) is 19.4. The predicted molar refractivity (Wildman–Crippen MR) is 114 cm³/mol. The molecule has 0 bridgehead atoms. The van der Waals surface area contributed by atoms with Gasteiger partial charge in [-0.15, -0.1) is 0 Å². The van der Waals surface area contributed by atoms with Crippen molar-refractivity contribution in [1.82, 2.24) is 9.97 Å². The molecule has 0 saturated carbocycles. The summed E-state index contributed by atoms with van der Waals surface area (Å²) in [5.41, 5.74) is 3.92. The van der Waals surface area contributed by atoms with Gasteiger partial charge in [0.15, 0.2) is 16.7 Å². The van der Waals surface area contributed by atoms with Crippen LogP contribution in [0.3, 0.4) is 0 Å². The van der Waals surface area contributed by atoms with Crippen LogP contribution in [0.1, 0.15) is 23.9 Å². The van der Waals surface area contributed by atoms with Crippen LogP contribution in [0.25, 0.3) is 0 Å². The van der Waals surface area contributed by atoms with Crippen LogP contribution in [0.5, 0.6) is 11.5 Å². The molecule has 2 N–H and O–H groups in total. The van der Waals surface area contributed by atoms with Gasteiger partial charge in [-0.25, -0.2) is 4.98 Å². The number of rotatable bonds is 6. The molecule has 150 valence electrons. The molecule has 4 rings (SSSR count). The van der Waals surface area contributed by atoms with E-state index in [0.29, 0.717) is 30.4 Å². The molecule has 0 radical (unpaired) electrons. The molecule has 1 aliphatic rings. The number of imidazole rings is 1. The quantitative estimate of drug-likeness (QED) is 0.597. The number of benzene rings is 2. The van der Waals surface area contributed by atoms with E-state index < -0.39 is 0 Å². The van der Waals surface area contributed by atoms with Crippen molar-refractivity contribution >= 4 is 23.4 Å². The number of ether oxygens (including phenoxy) is 2. The molecule has 2 heterocycles. The van der Waals surface area contributed by atoms with Crippen LogP contribution in [0, 0.1) is 6.92 Å². The number of nitrogens with zero attached hydrogens (tertiary/aromatic N) is 1. The van der Waals surface area contributed by atoms with Gasteiger partial charge in [0.1, 0.15) is 13.2 Å². The molecule has 7 heteroatoms. The third kappa shape index (κ3) is 4.74. The number of aromatic amines is 1. The van der Waals surface area contributed by atoms with Gasteiger partial charge in [0.05, 0.1) is 10.9 Å². The molecular weight excluding hydrogens is 386 g/mol. The second-order valence-electron chi connectivity index (χ2n) is 6.88. The van der Waals surface area contributed by atoms with E-state index in [1.807, 2.05) is 44.2 Å². The zero-order valence-electron chi connectivity index (χ0n) is 16.4. The smallest absolute Gasteiger partial charge is 0.237 e. The lowest BCUT2D eigenvalue weighted by Crippen LogP contribution is -2.23. The van der Waals surface area contributed by atoms with E-state index in [2.05, 4.69) is 27.4 Å². The average molecular weight is 410 g/mol. The van der Waals surface area contributed by atoms with Crippen molar-refractivity contribution < 1.29 is 14.3 Å². The van der Waals surface area contributed by atoms with E-state index in [1.54, 1.807) is 6.07 Å². The van der Waals surface area contributed by atoms with Crippen molar-refractivity contribution in [3.8, 4) is 11.5 Å². The molecule has 1 aromatic heterocycles. The summed E-state index contributed by atoms with van der Waals surface area (Å²) in [5, 5.41) is 3.38. The number of nitrogens with one attached hydrogen (secondary N) is 2. The zero-order valence-corrected chi connectivity index (χ0v) is 17.2. The van der Waals surface area contributed by atoms with Gasteiger partial charge >= 0.3 is 0 Å². The third-order valence-corrected chi connectivity index (χ3v) is 5.63. The number of carbonyl (C=O) groups is 1. The Morgan fingerprint density at radius 1 is 1.17 bits per heavy atom. The second kappa shape index (κ2) is 8.61. The Kier molecular flexibility index (Phi) is 5.76. The number of fused-ring (bicyclic) bond motifs is 1. The van der Waals surface area contributed by atoms with Crippen LogP contribution in [0.15, 0.2) is 53.7 Å². The summed E-state index contributed by atoms with van der Waals surface area (Å²) in [7, 11) is 0. The fraction of sp³-hybridized carbons (Fsp3) is 0.273. The van der Waals surface area contributed by atoms with Crippen LogP contribution in [0.2, 0.25) is 0 Å². The minimum absolute atomic E-state index is 0.0923. The summed E-state index contributed by atoms with van der Waals surface area (Å²) in [6, 6.07) is 15.7. The number of amides is 1. The molecule has 0 aliphatic carbocycles. The maximum absolute atomic E-state index is 12.6. The molecule has 0 saturated heterocycles. The topological polar surface area (TPSA) is 76.2 Å². The zero-order chi connectivity index (χ0) is 20.2. The summed E-state index contributed by atoms with van der Waals surface area (Å²) < 4.78 is 11.1. The number of aryl methyl sites for hydroxylation is 1. The summed E-state index contributed by atoms with van der Waals surface area (Å²) >= 11 is 1.41. The van der Waals surface area contributed by atoms with Crippen LogP contribution < -0.4 is 14.8 Å². The van der Waals surface area contributed by atoms with E-state index >= 15 is 0 Å². The summed E-state index contributed by atoms with van der Waals surface area (Å²) in [6.45, 7) is 4.93. The minimum atomic E-state index is -0.307. The second-order valence-corrected chi connectivity index (χ2v) is 8.21. The monoisotopic (exact) mass is 409 g/mol. The maximum Gasteiger partial charge on any atom is 0.237 e. The largest absolute Gasteiger partial charge is 0.486 e. The predicted octanol–water partition coefficient (Wildman–Crippen LogP) is 4.20. The van der Waals surface area contributed by atoms with Crippen molar-refractivity contribution in [2.75, 3.05) is 18.5 Å². The molecule has 1 amide bonds. The molecule has 3 aromatic rings. The highest BCUT2D eigenvalue weighted by atomic mass is 32.2. The Balaban J connectivity index is 1.38. The van der Waals surface area contributed by atoms with E-state index in [-0.39, 0.29) is 11.2 Å². The van der Waals surface area contributed by atoms with Gasteiger partial charge in [0.25, 0.3) is 0 Å². The van der Waals surface area contributed by atoms with Gasteiger partial charge in [-0.2, -0.15) is 0 Å². The molecule has 0 unspecified atom stereocenters. The SMILES string of the molecule is Cc1[nH]c(S[C@@H](C)C(=O)Nc2ccc3c(c2)OCCO3)nc1Cc1ccccc1. The van der Waals surface area contributed by atoms with Crippen molar-refractivity contribution in [3.63, 3.8) is 0 Å². The van der Waals surface area contributed by atoms with Crippen molar-refractivity contribution in [2.24, 2.45) is 0 Å². The molecule has 2 aromatic carbocycles. The van der Waals surface area contributed by atoms with Crippen LogP contribution >= 0.6 is 11.8 Å². The summed E-state index contributed by atoms with van der Waals surface area (Å²) in [4.78, 5) is 20.6. The van der Waals surface area contributed by atoms with E-state index in [0.717, 1.165) is 23.0 Å². The number of carbonyl (C=O) groups excluding carboxylic acids is 1. The summed E-state index contributed by atoms with van der Waals surface area (Å²) in [6.07, 6.45) is 0.765. The average Bonchev–Trinajstić information content (AvgIpc) is 3.07. The lowest BCUT2D eigenvalue weighted by molar-refractivity contribution is -0.115. The number of H-pyrrole nitrogens is 1. The molecule has 6 nitrogen and oxygen atoms in total. The lowest BCUT2D eigenvalue weighted by Gasteiger charge is -2.19. The first-order valence-corrected chi connectivity index (χ1v) is 10.4. The Labute approximate surface area is 174 Å². The highest BCUT2D eigenvalue weighted by molar-refractivity contribution is 8.00. The fourth-order valence-corrected chi connectivity index (χ4v) is 3.95. The first-order valence-electron chi connectivity index (χ1n) is 9.55. The Morgan fingerprint density at radius 3 is 2.72 bits per heavy atom. The molecular formula is C22H23N3O3S. The van der Waals surface area contributed by atoms with Crippen LogP contribution in [-0.4, -0.2) is 34.3 Å². The lowest BCUT2D eigenvalue weighted by atomic mass is 10.1. The van der Waals surface area contributed by atoms with E-state index in [9.17, 15) is 4.79 Å². The van der Waals surface area contributed by atoms with Gasteiger partial charge in [0.2, 0.25) is 5.91 Å². The number of thioether (sulfide) groups is 1. The van der Waals surface area contributed by atoms with E-state index in [1.165, 1.54) is 17.3 Å². The van der Waals surface area contributed by atoms with Gasteiger partial charge in [-0.1, -0.05) is 42.1 Å². The number of anilines is 1. The fourth-order valence-electron chi connectivity index (χ4n) is 3.07. The highest BCUT2D eigenvalue weighted by Gasteiger charge is 2.19. The van der Waals surface area contributed by atoms with Crippen LogP contribution in [-0.2, 0) is 11.2 Å². The van der Waals surface area contributed by atoms with Crippen molar-refractivity contribution in [3.05, 3.63) is 65.5 Å². The first-order chi connectivity index (χ1) is 14.1. The Hall–Kier alpha value is -2.93. The highest BCUT2D eigenvalue weighted by Crippen LogP contribution is 2.33. The van der Waals surface area contributed by atoms with Gasteiger partial charge in [-0.05, 0) is 31.5 Å². The van der Waals surface area contributed by atoms with Crippen LogP contribution in [0.4, 0.5) is 5.69 Å². The Bertz CT molecular complexity index is 1000. The van der Waals surface area contributed by atoms with Gasteiger partial charge in [-0.3, -0.25) is 4.79 Å². The van der Waals surface area contributed by atoms with Crippen molar-refractivity contribution in [1.29, 1.82) is 0 Å². The molecule has 0 spiro atoms. The molecule has 0 fully saturated rings. The third-order valence-electron chi connectivity index (χ3n) is 4.65. The van der Waals surface area contributed by atoms with Crippen molar-refractivity contribution in [2.45, 2.75) is 30.7 Å². The normalized spacial score (nSPS) is 13.7. The number of hydrogen-bond donors (Lipinski definition) is 2. The number of hydrogen-bond acceptors (Lipinski definition) is 5. The Morgan fingerprint density at radius 2 is 1.93 bits per heavy atom. The van der Waals surface area contributed by atoms with Gasteiger partial charge < -0.3 is 19.8 Å². The van der Waals surface area contributed by atoms with Gasteiger partial charge in [0, 0.05) is 23.9 Å². The standard InChI is InChI=1S/C22H23N3O3S/c1-14-18(12-16-6-4-3-5-7-16)25-22(23-14)29-15(2)21(26)24-17-8-9-19-20(13-17)28-11-10-27-19/h3-9,13,15H,10-12H2,1-2H3,(H,23,25)(H,24,26)/t15-/m0/s1. The molecule has 1 aliphatic heterocycles. The summed E-state index contributed by atoms with van der Waals surface area (Å²) in [5.74, 6) is 1.26. The van der Waals surface area contributed by atoms with E-state index in [4.69, 9.17) is 9.47 Å². The molecule has 29 heavy (non-hydrogen) atoms. The number of aromatic nitrogens is 2. The maximum atomic E-state index is 12.6. The molecule has 1 atom stereocenters.